The van der Waals surface area contributed by atoms with Gasteiger partial charge in [0.05, 0.1) is 18.8 Å². The summed E-state index contributed by atoms with van der Waals surface area (Å²) in [5.74, 6) is -2.83. The van der Waals surface area contributed by atoms with Crippen molar-refractivity contribution in [3.8, 4) is 0 Å². The van der Waals surface area contributed by atoms with Crippen LogP contribution < -0.4 is 5.32 Å². The Labute approximate surface area is 375 Å². The van der Waals surface area contributed by atoms with Gasteiger partial charge in [-0.05, 0) is 141 Å². The Morgan fingerprint density at radius 3 is 1.89 bits per heavy atom. The van der Waals surface area contributed by atoms with Crippen molar-refractivity contribution in [3.05, 3.63) is 59.2 Å². The number of nitrogens with one attached hydrogen (secondary N) is 1. The van der Waals surface area contributed by atoms with Crippen LogP contribution in [0.5, 0.6) is 0 Å². The number of carboxylic acid groups (broad SMARTS) is 2. The van der Waals surface area contributed by atoms with E-state index >= 15 is 0 Å². The van der Waals surface area contributed by atoms with E-state index in [0.29, 0.717) is 61.1 Å². The van der Waals surface area contributed by atoms with Crippen molar-refractivity contribution < 1.29 is 34.2 Å². The van der Waals surface area contributed by atoms with E-state index in [1.54, 1.807) is 0 Å². The zero-order valence-corrected chi connectivity index (χ0v) is 40.6. The van der Waals surface area contributed by atoms with Crippen LogP contribution in [0.25, 0.3) is 11.1 Å². The van der Waals surface area contributed by atoms with E-state index in [1.807, 2.05) is 46.8 Å². The zero-order chi connectivity index (χ0) is 46.8. The number of fused-ring (bicyclic) bond motifs is 1. The summed E-state index contributed by atoms with van der Waals surface area (Å²) < 4.78 is 0. The molecule has 0 bridgehead atoms. The normalized spacial score (nSPS) is 18.8. The zero-order valence-electron chi connectivity index (χ0n) is 40.6. The molecule has 2 unspecified atom stereocenters. The van der Waals surface area contributed by atoms with E-state index in [-0.39, 0.29) is 41.2 Å². The molecule has 8 heteroatoms. The van der Waals surface area contributed by atoms with Crippen LogP contribution in [-0.4, -0.2) is 51.1 Å². The van der Waals surface area contributed by atoms with Crippen LogP contribution in [0.3, 0.4) is 0 Å². The van der Waals surface area contributed by atoms with E-state index in [0.717, 1.165) is 61.5 Å². The summed E-state index contributed by atoms with van der Waals surface area (Å²) in [5.41, 5.74) is 3.55. The summed E-state index contributed by atoms with van der Waals surface area (Å²) in [6, 6.07) is 3.93. The Hall–Kier alpha value is -3.65. The highest BCUT2D eigenvalue weighted by Crippen LogP contribution is 2.44. The molecule has 62 heavy (non-hydrogen) atoms. The fraction of sp³-hybridized carbons (Fsp3) is 0.685. The molecule has 1 aromatic rings. The van der Waals surface area contributed by atoms with Gasteiger partial charge in [-0.2, -0.15) is 0 Å². The number of hydrogen-bond acceptors (Lipinski definition) is 6. The lowest BCUT2D eigenvalue weighted by Crippen LogP contribution is -2.58. The second-order valence-corrected chi connectivity index (χ2v) is 22.4. The molecular formula is C54H83NO7. The van der Waals surface area contributed by atoms with Gasteiger partial charge in [0, 0.05) is 28.1 Å². The Bertz CT molecular complexity index is 1840. The minimum Gasteiger partial charge on any atom is -0.481 e. The first-order valence-electron chi connectivity index (χ1n) is 23.7. The van der Waals surface area contributed by atoms with Gasteiger partial charge in [-0.15, -0.1) is 0 Å². The van der Waals surface area contributed by atoms with E-state index in [4.69, 9.17) is 6.58 Å². The van der Waals surface area contributed by atoms with Gasteiger partial charge in [0.1, 0.15) is 6.29 Å². The summed E-state index contributed by atoms with van der Waals surface area (Å²) in [5, 5.41) is 22.7. The lowest BCUT2D eigenvalue weighted by Gasteiger charge is -2.43. The van der Waals surface area contributed by atoms with Crippen LogP contribution in [0.1, 0.15) is 212 Å². The number of allylic oxidation sites excluding steroid dienone is 4. The van der Waals surface area contributed by atoms with Crippen LogP contribution in [0.2, 0.25) is 0 Å². The van der Waals surface area contributed by atoms with Crippen molar-refractivity contribution in [2.24, 2.45) is 34.0 Å². The Morgan fingerprint density at radius 1 is 0.806 bits per heavy atom. The van der Waals surface area contributed by atoms with Crippen LogP contribution in [0, 0.1) is 34.0 Å². The highest BCUT2D eigenvalue weighted by Gasteiger charge is 2.41. The van der Waals surface area contributed by atoms with E-state index in [9.17, 15) is 34.2 Å². The Balaban J connectivity index is 2.05. The maximum absolute atomic E-state index is 14.6. The number of aliphatic carboxylic acids is 2. The molecule has 0 radical (unpaired) electrons. The first-order valence-corrected chi connectivity index (χ1v) is 23.7. The summed E-state index contributed by atoms with van der Waals surface area (Å²) in [6.45, 7) is 31.8. The van der Waals surface area contributed by atoms with Gasteiger partial charge in [0.15, 0.2) is 11.6 Å². The van der Waals surface area contributed by atoms with E-state index < -0.39 is 34.3 Å². The van der Waals surface area contributed by atoms with Crippen LogP contribution in [-0.2, 0) is 25.6 Å². The molecule has 0 saturated heterocycles. The molecule has 1 saturated carbocycles. The van der Waals surface area contributed by atoms with Crippen molar-refractivity contribution in [2.75, 3.05) is 0 Å². The summed E-state index contributed by atoms with van der Waals surface area (Å²) in [6.07, 6.45) is 17.3. The minimum absolute atomic E-state index is 0.0705. The fourth-order valence-electron chi connectivity index (χ4n) is 10.2. The third-order valence-corrected chi connectivity index (χ3v) is 14.4. The van der Waals surface area contributed by atoms with Crippen LogP contribution in [0.4, 0.5) is 0 Å². The molecule has 346 valence electrons. The smallest absolute Gasteiger partial charge is 0.303 e. The van der Waals surface area contributed by atoms with Gasteiger partial charge in [-0.3, -0.25) is 19.2 Å². The number of aldehydes is 1. The van der Waals surface area contributed by atoms with Crippen LogP contribution >= 0.6 is 0 Å². The van der Waals surface area contributed by atoms with Gasteiger partial charge >= 0.3 is 11.9 Å². The molecule has 0 aromatic heterocycles. The highest BCUT2D eigenvalue weighted by molar-refractivity contribution is 6.34. The predicted octanol–water partition coefficient (Wildman–Crippen LogP) is 13.1. The number of benzene rings is 1. The molecule has 3 N–H and O–H groups in total. The molecule has 3 atom stereocenters. The Kier molecular flexibility index (Phi) is 18.5. The van der Waals surface area contributed by atoms with E-state index in [2.05, 4.69) is 59.5 Å². The number of hydrogen-bond donors (Lipinski definition) is 3. The number of carbonyl (C=O) groups is 5. The lowest BCUT2D eigenvalue weighted by atomic mass is 9.70. The molecule has 2 aliphatic carbocycles. The third-order valence-electron chi connectivity index (χ3n) is 14.4. The topological polar surface area (TPSA) is 138 Å². The number of carbonyl (C=O) groups excluding carboxylic acids is 3. The number of rotatable bonds is 25. The quantitative estimate of drug-likeness (QED) is 0.0291. The summed E-state index contributed by atoms with van der Waals surface area (Å²) in [7, 11) is 0. The second-order valence-electron chi connectivity index (χ2n) is 22.4. The number of carboxylic acids is 2. The molecule has 0 spiro atoms. The van der Waals surface area contributed by atoms with Gasteiger partial charge in [0.2, 0.25) is 0 Å². The molecule has 8 nitrogen and oxygen atoms in total. The molecular weight excluding hydrogens is 775 g/mol. The number of Topliss-reactive ketones (excluding diaryl/α,β-unsaturated/α-hetero) is 2. The number of ketones is 2. The molecule has 0 aliphatic heterocycles. The first-order chi connectivity index (χ1) is 28.7. The highest BCUT2D eigenvalue weighted by atomic mass is 16.4. The van der Waals surface area contributed by atoms with Crippen LogP contribution in [0.15, 0.2) is 36.9 Å². The van der Waals surface area contributed by atoms with Crippen molar-refractivity contribution in [2.45, 2.75) is 203 Å². The molecule has 2 aliphatic rings. The largest absolute Gasteiger partial charge is 0.481 e. The van der Waals surface area contributed by atoms with Crippen molar-refractivity contribution >= 4 is 40.9 Å². The third kappa shape index (κ3) is 14.7. The molecule has 0 amide bonds. The summed E-state index contributed by atoms with van der Waals surface area (Å²) >= 11 is 0. The van der Waals surface area contributed by atoms with Gasteiger partial charge in [-0.1, -0.05) is 119 Å². The van der Waals surface area contributed by atoms with Crippen molar-refractivity contribution in [1.82, 2.24) is 5.32 Å². The first kappa shape index (κ1) is 52.7. The fourth-order valence-corrected chi connectivity index (χ4v) is 10.2. The molecule has 0 heterocycles. The van der Waals surface area contributed by atoms with Gasteiger partial charge in [-0.25, -0.2) is 0 Å². The average Bonchev–Trinajstić information content (AvgIpc) is 3.46. The lowest BCUT2D eigenvalue weighted by molar-refractivity contribution is -0.140. The van der Waals surface area contributed by atoms with Gasteiger partial charge in [0.25, 0.3) is 0 Å². The Morgan fingerprint density at radius 2 is 1.35 bits per heavy atom. The van der Waals surface area contributed by atoms with Crippen molar-refractivity contribution in [3.63, 3.8) is 0 Å². The maximum atomic E-state index is 14.6. The monoisotopic (exact) mass is 858 g/mol. The minimum atomic E-state index is -0.820. The molecule has 3 rings (SSSR count). The molecule has 1 fully saturated rings. The maximum Gasteiger partial charge on any atom is 0.303 e. The van der Waals surface area contributed by atoms with Gasteiger partial charge < -0.3 is 20.3 Å². The van der Waals surface area contributed by atoms with Crippen molar-refractivity contribution in [1.29, 1.82) is 0 Å². The van der Waals surface area contributed by atoms with E-state index in [1.165, 1.54) is 31.3 Å². The summed E-state index contributed by atoms with van der Waals surface area (Å²) in [4.78, 5) is 64.6. The molecule has 1 aromatic carbocycles. The average molecular weight is 858 g/mol. The standard InChI is InChI=1S/C54H83NO7/c1-14-20-40(39-21-17-15-16-18-22-39)37(3)41-24-25-43-47(38(4)48(61)44(49(43)62)23-19-27-50(5,6)29-30-51(7,8)33-45(57)58)42(41)26-28-54(13,36(2)35-56)55-53(11,12)32-31-52(9,10)34-46(59)60/h20,24-25,35-36,39,44,55H,3-4,14-19,21-23,26-34H2,1-2,5-13H3,(H,57,58)(H,59,60)/b40-20+/t36-,44?,54?/m0/s1. The second kappa shape index (κ2) is 21.8. The SMILES string of the molecule is C=C(/C(=C\CC)C1CCCCCC1)c1ccc2c(c1CCC(C)(NC(C)(C)CCC(C)(C)CC(=O)O)[C@@H](C)C=O)C(=C)C(=O)C(CCCC(C)(C)CCC(C)(C)CC(=O)O)C2=O. The predicted molar refractivity (Wildman–Crippen MR) is 254 cm³/mol.